The molecular formula is C16H21ClN4O. The van der Waals surface area contributed by atoms with E-state index in [1.807, 2.05) is 30.3 Å². The zero-order chi connectivity index (χ0) is 14.5. The molecular weight excluding hydrogens is 300 g/mol. The maximum absolute atomic E-state index is 12.1. The molecule has 1 fully saturated rings. The smallest absolute Gasteiger partial charge is 0.223 e. The van der Waals surface area contributed by atoms with Crippen LogP contribution in [0.4, 0.5) is 0 Å². The maximum Gasteiger partial charge on any atom is 0.223 e. The summed E-state index contributed by atoms with van der Waals surface area (Å²) in [6, 6.07) is 10.0. The van der Waals surface area contributed by atoms with Gasteiger partial charge in [0.2, 0.25) is 5.91 Å². The second kappa shape index (κ2) is 7.96. The van der Waals surface area contributed by atoms with Crippen LogP contribution in [0.3, 0.4) is 0 Å². The Hall–Kier alpha value is -1.85. The molecule has 0 aliphatic carbocycles. The number of piperidine rings is 1. The number of halogens is 1. The van der Waals surface area contributed by atoms with Gasteiger partial charge in [0.15, 0.2) is 0 Å². The third kappa shape index (κ3) is 4.08. The third-order valence-corrected chi connectivity index (χ3v) is 3.85. The van der Waals surface area contributed by atoms with Crippen molar-refractivity contribution in [2.24, 2.45) is 5.92 Å². The second-order valence-corrected chi connectivity index (χ2v) is 5.35. The van der Waals surface area contributed by atoms with E-state index in [-0.39, 0.29) is 24.2 Å². The van der Waals surface area contributed by atoms with E-state index >= 15 is 0 Å². The van der Waals surface area contributed by atoms with E-state index in [4.69, 9.17) is 0 Å². The number of aromatic nitrogens is 2. The highest BCUT2D eigenvalue weighted by molar-refractivity contribution is 5.85. The zero-order valence-electron chi connectivity index (χ0n) is 12.3. The number of H-pyrrole nitrogens is 1. The van der Waals surface area contributed by atoms with Gasteiger partial charge in [0, 0.05) is 5.92 Å². The minimum absolute atomic E-state index is 0. The number of rotatable bonds is 4. The fourth-order valence-electron chi connectivity index (χ4n) is 2.62. The normalized spacial score (nSPS) is 15.1. The van der Waals surface area contributed by atoms with Crippen LogP contribution in [-0.2, 0) is 11.3 Å². The van der Waals surface area contributed by atoms with E-state index in [9.17, 15) is 4.79 Å². The lowest BCUT2D eigenvalue weighted by Crippen LogP contribution is -2.38. The highest BCUT2D eigenvalue weighted by atomic mass is 35.5. The van der Waals surface area contributed by atoms with Crippen molar-refractivity contribution in [3.63, 3.8) is 0 Å². The Morgan fingerprint density at radius 3 is 2.68 bits per heavy atom. The predicted molar refractivity (Wildman–Crippen MR) is 88.7 cm³/mol. The van der Waals surface area contributed by atoms with E-state index < -0.39 is 0 Å². The summed E-state index contributed by atoms with van der Waals surface area (Å²) < 4.78 is 0. The Labute approximate surface area is 136 Å². The van der Waals surface area contributed by atoms with Gasteiger partial charge < -0.3 is 15.6 Å². The number of aromatic amines is 1. The fraction of sp³-hybridized carbons (Fsp3) is 0.375. The lowest BCUT2D eigenvalue weighted by atomic mass is 9.97. The molecule has 3 N–H and O–H groups in total. The van der Waals surface area contributed by atoms with E-state index in [0.717, 1.165) is 43.0 Å². The quantitative estimate of drug-likeness (QED) is 0.808. The number of hydrogen-bond donors (Lipinski definition) is 3. The Bertz CT molecular complexity index is 593. The molecule has 0 saturated carbocycles. The van der Waals surface area contributed by atoms with Gasteiger partial charge in [0.1, 0.15) is 5.82 Å². The van der Waals surface area contributed by atoms with Crippen molar-refractivity contribution >= 4 is 18.3 Å². The average molecular weight is 321 g/mol. The Morgan fingerprint density at radius 2 is 1.95 bits per heavy atom. The van der Waals surface area contributed by atoms with Crippen molar-refractivity contribution < 1.29 is 4.79 Å². The van der Waals surface area contributed by atoms with Crippen molar-refractivity contribution in [1.29, 1.82) is 0 Å². The monoisotopic (exact) mass is 320 g/mol. The molecule has 1 saturated heterocycles. The summed E-state index contributed by atoms with van der Waals surface area (Å²) in [5.41, 5.74) is 2.07. The van der Waals surface area contributed by atoms with Crippen LogP contribution in [0.15, 0.2) is 36.5 Å². The maximum atomic E-state index is 12.1. The number of nitrogens with zero attached hydrogens (tertiary/aromatic N) is 1. The molecule has 0 atom stereocenters. The second-order valence-electron chi connectivity index (χ2n) is 5.35. The molecule has 0 bridgehead atoms. The van der Waals surface area contributed by atoms with Crippen LogP contribution in [0.25, 0.3) is 11.3 Å². The molecule has 2 heterocycles. The van der Waals surface area contributed by atoms with Gasteiger partial charge in [-0.05, 0) is 31.5 Å². The number of hydrogen-bond acceptors (Lipinski definition) is 3. The molecule has 1 aromatic carbocycles. The lowest BCUT2D eigenvalue weighted by Gasteiger charge is -2.21. The molecule has 0 unspecified atom stereocenters. The van der Waals surface area contributed by atoms with Crippen molar-refractivity contribution in [3.05, 3.63) is 42.4 Å². The summed E-state index contributed by atoms with van der Waals surface area (Å²) >= 11 is 0. The van der Waals surface area contributed by atoms with Crippen LogP contribution < -0.4 is 10.6 Å². The van der Waals surface area contributed by atoms with Gasteiger partial charge in [0.25, 0.3) is 0 Å². The fourth-order valence-corrected chi connectivity index (χ4v) is 2.62. The highest BCUT2D eigenvalue weighted by Gasteiger charge is 2.20. The summed E-state index contributed by atoms with van der Waals surface area (Å²) in [5.74, 6) is 1.06. The minimum Gasteiger partial charge on any atom is -0.349 e. The topological polar surface area (TPSA) is 69.8 Å². The molecule has 1 aromatic heterocycles. The van der Waals surface area contributed by atoms with Gasteiger partial charge in [-0.3, -0.25) is 4.79 Å². The molecule has 1 aliphatic rings. The van der Waals surface area contributed by atoms with Gasteiger partial charge >= 0.3 is 0 Å². The summed E-state index contributed by atoms with van der Waals surface area (Å²) in [4.78, 5) is 19.6. The number of nitrogens with one attached hydrogen (secondary N) is 3. The Balaban J connectivity index is 0.00000176. The first-order valence-electron chi connectivity index (χ1n) is 7.40. The van der Waals surface area contributed by atoms with Gasteiger partial charge in [-0.25, -0.2) is 4.98 Å². The lowest BCUT2D eigenvalue weighted by molar-refractivity contribution is -0.125. The van der Waals surface area contributed by atoms with Crippen molar-refractivity contribution in [2.45, 2.75) is 19.4 Å². The largest absolute Gasteiger partial charge is 0.349 e. The summed E-state index contributed by atoms with van der Waals surface area (Å²) in [7, 11) is 0. The highest BCUT2D eigenvalue weighted by Crippen LogP contribution is 2.16. The Kier molecular flexibility index (Phi) is 5.98. The van der Waals surface area contributed by atoms with Crippen molar-refractivity contribution in [2.75, 3.05) is 13.1 Å². The van der Waals surface area contributed by atoms with Crippen LogP contribution >= 0.6 is 12.4 Å². The van der Waals surface area contributed by atoms with E-state index in [2.05, 4.69) is 20.6 Å². The summed E-state index contributed by atoms with van der Waals surface area (Å²) in [6.07, 6.45) is 3.64. The number of amides is 1. The number of carbonyl (C=O) groups excluding carboxylic acids is 1. The SMILES string of the molecule is Cl.O=C(NCc1ncc(-c2ccccc2)[nH]1)C1CCNCC1. The molecule has 118 valence electrons. The standard InChI is InChI=1S/C16H20N4O.ClH/c21-16(13-6-8-17-9-7-13)19-11-15-18-10-14(20-15)12-4-2-1-3-5-12;/h1-5,10,13,17H,6-9,11H2,(H,18,20)(H,19,21);1H. The number of imidazole rings is 1. The van der Waals surface area contributed by atoms with Crippen LogP contribution in [-0.4, -0.2) is 29.0 Å². The molecule has 3 rings (SSSR count). The van der Waals surface area contributed by atoms with Crippen LogP contribution in [0.2, 0.25) is 0 Å². The van der Waals surface area contributed by atoms with E-state index in [1.165, 1.54) is 0 Å². The molecule has 1 aliphatic heterocycles. The molecule has 2 aromatic rings. The molecule has 0 spiro atoms. The summed E-state index contributed by atoms with van der Waals surface area (Å²) in [6.45, 7) is 2.31. The molecule has 5 nitrogen and oxygen atoms in total. The minimum atomic E-state index is 0. The van der Waals surface area contributed by atoms with Gasteiger partial charge in [-0.15, -0.1) is 12.4 Å². The van der Waals surface area contributed by atoms with Crippen molar-refractivity contribution in [1.82, 2.24) is 20.6 Å². The van der Waals surface area contributed by atoms with Crippen LogP contribution in [0.5, 0.6) is 0 Å². The number of carbonyl (C=O) groups is 1. The van der Waals surface area contributed by atoms with Crippen LogP contribution in [0, 0.1) is 5.92 Å². The van der Waals surface area contributed by atoms with Gasteiger partial charge in [-0.2, -0.15) is 0 Å². The average Bonchev–Trinajstić information content (AvgIpc) is 3.03. The summed E-state index contributed by atoms with van der Waals surface area (Å²) in [5, 5.41) is 6.24. The zero-order valence-corrected chi connectivity index (χ0v) is 13.2. The molecule has 0 radical (unpaired) electrons. The Morgan fingerprint density at radius 1 is 1.23 bits per heavy atom. The first kappa shape index (κ1) is 16.5. The van der Waals surface area contributed by atoms with Gasteiger partial charge in [0.05, 0.1) is 18.4 Å². The van der Waals surface area contributed by atoms with E-state index in [0.29, 0.717) is 6.54 Å². The molecule has 22 heavy (non-hydrogen) atoms. The number of benzene rings is 1. The predicted octanol–water partition coefficient (Wildman–Crippen LogP) is 2.11. The first-order valence-corrected chi connectivity index (χ1v) is 7.40. The van der Waals surface area contributed by atoms with E-state index in [1.54, 1.807) is 6.20 Å². The first-order chi connectivity index (χ1) is 10.3. The molecule has 6 heteroatoms. The van der Waals surface area contributed by atoms with Crippen LogP contribution in [0.1, 0.15) is 18.7 Å². The van der Waals surface area contributed by atoms with Crippen molar-refractivity contribution in [3.8, 4) is 11.3 Å². The molecule has 1 amide bonds. The third-order valence-electron chi connectivity index (χ3n) is 3.85. The van der Waals surface area contributed by atoms with Gasteiger partial charge in [-0.1, -0.05) is 30.3 Å².